The minimum atomic E-state index is -0.564. The number of hydrogen-bond acceptors (Lipinski definition) is 7. The van der Waals surface area contributed by atoms with Crippen LogP contribution >= 0.6 is 0 Å². The third-order valence-corrected chi connectivity index (χ3v) is 3.30. The molecule has 0 aromatic heterocycles. The molecule has 0 saturated heterocycles. The molecule has 0 saturated carbocycles. The predicted molar refractivity (Wildman–Crippen MR) is 88.4 cm³/mol. The lowest BCUT2D eigenvalue weighted by Crippen LogP contribution is -2.03. The van der Waals surface area contributed by atoms with E-state index in [0.29, 0.717) is 11.3 Å². The average molecular weight is 339 g/mol. The molecule has 0 aliphatic carbocycles. The van der Waals surface area contributed by atoms with Gasteiger partial charge in [0.05, 0.1) is 28.9 Å². The SMILES string of the molecule is COC(=O)c1ccc(C#N)c(O/N=C(/C)c2ccc([N+](=O)[O-])cc2)c1. The van der Waals surface area contributed by atoms with E-state index in [1.54, 1.807) is 6.92 Å². The third-order valence-electron chi connectivity index (χ3n) is 3.30. The Kier molecular flexibility index (Phi) is 5.43. The largest absolute Gasteiger partial charge is 0.465 e. The molecule has 0 fully saturated rings. The minimum absolute atomic E-state index is 0.0324. The molecule has 2 rings (SSSR count). The van der Waals surface area contributed by atoms with Crippen LogP contribution in [0, 0.1) is 21.4 Å². The van der Waals surface area contributed by atoms with Crippen molar-refractivity contribution >= 4 is 17.4 Å². The van der Waals surface area contributed by atoms with Gasteiger partial charge in [-0.15, -0.1) is 0 Å². The molecule has 0 aliphatic heterocycles. The van der Waals surface area contributed by atoms with Crippen molar-refractivity contribution in [1.82, 2.24) is 0 Å². The Morgan fingerprint density at radius 2 is 1.84 bits per heavy atom. The Labute approximate surface area is 143 Å². The van der Waals surface area contributed by atoms with Gasteiger partial charge in [0.2, 0.25) is 0 Å². The number of nitro groups is 1. The van der Waals surface area contributed by atoms with Crippen LogP contribution in [0.2, 0.25) is 0 Å². The number of carbonyl (C=O) groups is 1. The van der Waals surface area contributed by atoms with Crippen molar-refractivity contribution in [2.75, 3.05) is 7.11 Å². The van der Waals surface area contributed by atoms with Gasteiger partial charge in [-0.2, -0.15) is 5.26 Å². The maximum Gasteiger partial charge on any atom is 0.337 e. The summed E-state index contributed by atoms with van der Waals surface area (Å²) in [4.78, 5) is 27.0. The Balaban J connectivity index is 2.26. The number of nitro benzene ring substituents is 1. The molecule has 0 unspecified atom stereocenters. The third kappa shape index (κ3) is 4.17. The first kappa shape index (κ1) is 17.6. The van der Waals surface area contributed by atoms with Crippen LogP contribution < -0.4 is 4.84 Å². The highest BCUT2D eigenvalue weighted by Gasteiger charge is 2.12. The average Bonchev–Trinajstić information content (AvgIpc) is 2.65. The summed E-state index contributed by atoms with van der Waals surface area (Å²) in [6, 6.07) is 12.0. The first-order valence-corrected chi connectivity index (χ1v) is 7.05. The summed E-state index contributed by atoms with van der Waals surface area (Å²) in [6.07, 6.45) is 0. The van der Waals surface area contributed by atoms with Gasteiger partial charge in [-0.25, -0.2) is 4.79 Å². The van der Waals surface area contributed by atoms with Crippen LogP contribution in [0.3, 0.4) is 0 Å². The molecular formula is C17H13N3O5. The van der Waals surface area contributed by atoms with Gasteiger partial charge in [-0.05, 0) is 42.8 Å². The quantitative estimate of drug-likeness (QED) is 0.358. The molecule has 2 aromatic carbocycles. The van der Waals surface area contributed by atoms with E-state index >= 15 is 0 Å². The van der Waals surface area contributed by atoms with Crippen LogP contribution in [-0.2, 0) is 4.74 Å². The van der Waals surface area contributed by atoms with Gasteiger partial charge < -0.3 is 9.57 Å². The summed E-state index contributed by atoms with van der Waals surface area (Å²) < 4.78 is 4.62. The summed E-state index contributed by atoms with van der Waals surface area (Å²) >= 11 is 0. The minimum Gasteiger partial charge on any atom is -0.465 e. The zero-order valence-corrected chi connectivity index (χ0v) is 13.4. The van der Waals surface area contributed by atoms with E-state index in [1.807, 2.05) is 6.07 Å². The van der Waals surface area contributed by atoms with Crippen molar-refractivity contribution in [3.8, 4) is 11.8 Å². The molecule has 0 aliphatic rings. The Hall–Kier alpha value is -3.73. The number of rotatable bonds is 5. The summed E-state index contributed by atoms with van der Waals surface area (Å²) in [5.74, 6) is -0.461. The first-order valence-electron chi connectivity index (χ1n) is 7.05. The monoisotopic (exact) mass is 339 g/mol. The zero-order chi connectivity index (χ0) is 18.4. The van der Waals surface area contributed by atoms with Crippen molar-refractivity contribution in [3.05, 3.63) is 69.3 Å². The van der Waals surface area contributed by atoms with Gasteiger partial charge in [-0.1, -0.05) is 5.16 Å². The van der Waals surface area contributed by atoms with Gasteiger partial charge in [-0.3, -0.25) is 10.1 Å². The van der Waals surface area contributed by atoms with E-state index < -0.39 is 10.9 Å². The fourth-order valence-corrected chi connectivity index (χ4v) is 1.93. The number of methoxy groups -OCH3 is 1. The summed E-state index contributed by atoms with van der Waals surface area (Å²) in [5.41, 5.74) is 1.46. The maximum absolute atomic E-state index is 11.6. The topological polar surface area (TPSA) is 115 Å². The molecule has 2 aromatic rings. The number of oxime groups is 1. The van der Waals surface area contributed by atoms with Crippen molar-refractivity contribution in [1.29, 1.82) is 5.26 Å². The van der Waals surface area contributed by atoms with E-state index in [0.717, 1.165) is 0 Å². The first-order chi connectivity index (χ1) is 12.0. The Bertz CT molecular complexity index is 882. The van der Waals surface area contributed by atoms with Crippen molar-refractivity contribution in [3.63, 3.8) is 0 Å². The molecule has 0 radical (unpaired) electrons. The van der Waals surface area contributed by atoms with Crippen LogP contribution in [0.5, 0.6) is 5.75 Å². The zero-order valence-electron chi connectivity index (χ0n) is 13.4. The van der Waals surface area contributed by atoms with E-state index in [1.165, 1.54) is 49.6 Å². The van der Waals surface area contributed by atoms with E-state index in [-0.39, 0.29) is 22.6 Å². The normalized spacial score (nSPS) is 10.7. The second-order valence-corrected chi connectivity index (χ2v) is 4.89. The highest BCUT2D eigenvalue weighted by molar-refractivity contribution is 5.98. The molecule has 0 atom stereocenters. The molecule has 25 heavy (non-hydrogen) atoms. The molecule has 0 heterocycles. The number of nitriles is 1. The molecule has 8 nitrogen and oxygen atoms in total. The second-order valence-electron chi connectivity index (χ2n) is 4.89. The van der Waals surface area contributed by atoms with Gasteiger partial charge in [0.1, 0.15) is 6.07 Å². The van der Waals surface area contributed by atoms with Gasteiger partial charge in [0.15, 0.2) is 5.75 Å². The number of esters is 1. The summed E-state index contributed by atoms with van der Waals surface area (Å²) in [5, 5.41) is 23.7. The Morgan fingerprint density at radius 1 is 1.20 bits per heavy atom. The van der Waals surface area contributed by atoms with Crippen LogP contribution in [0.1, 0.15) is 28.4 Å². The van der Waals surface area contributed by atoms with E-state index in [9.17, 15) is 14.9 Å². The second kappa shape index (κ2) is 7.70. The summed E-state index contributed by atoms with van der Waals surface area (Å²) in [7, 11) is 1.25. The van der Waals surface area contributed by atoms with Crippen molar-refractivity contribution in [2.45, 2.75) is 6.92 Å². The smallest absolute Gasteiger partial charge is 0.337 e. The highest BCUT2D eigenvalue weighted by atomic mass is 16.6. The number of non-ortho nitro benzene ring substituents is 1. The van der Waals surface area contributed by atoms with Crippen molar-refractivity contribution < 1.29 is 19.3 Å². The predicted octanol–water partition coefficient (Wildman–Crippen LogP) is 3.06. The molecule has 0 amide bonds. The maximum atomic E-state index is 11.6. The van der Waals surface area contributed by atoms with Crippen LogP contribution in [0.15, 0.2) is 47.6 Å². The number of ether oxygens (including phenoxy) is 1. The molecule has 8 heteroatoms. The number of carbonyl (C=O) groups excluding carboxylic acids is 1. The molecule has 0 N–H and O–H groups in total. The van der Waals surface area contributed by atoms with E-state index in [4.69, 9.17) is 10.1 Å². The summed E-state index contributed by atoms with van der Waals surface area (Å²) in [6.45, 7) is 1.65. The van der Waals surface area contributed by atoms with Crippen LogP contribution in [-0.4, -0.2) is 23.7 Å². The van der Waals surface area contributed by atoms with Crippen LogP contribution in [0.4, 0.5) is 5.69 Å². The number of benzene rings is 2. The number of nitrogens with zero attached hydrogens (tertiary/aromatic N) is 3. The van der Waals surface area contributed by atoms with Gasteiger partial charge in [0.25, 0.3) is 5.69 Å². The molecule has 126 valence electrons. The molecule has 0 bridgehead atoms. The lowest BCUT2D eigenvalue weighted by molar-refractivity contribution is -0.384. The van der Waals surface area contributed by atoms with Crippen LogP contribution in [0.25, 0.3) is 0 Å². The lowest BCUT2D eigenvalue weighted by atomic mass is 10.1. The number of hydrogen-bond donors (Lipinski definition) is 0. The fourth-order valence-electron chi connectivity index (χ4n) is 1.93. The molecular weight excluding hydrogens is 326 g/mol. The Morgan fingerprint density at radius 3 is 2.40 bits per heavy atom. The van der Waals surface area contributed by atoms with Crippen molar-refractivity contribution in [2.24, 2.45) is 5.16 Å². The lowest BCUT2D eigenvalue weighted by Gasteiger charge is -2.06. The fraction of sp³-hybridized carbons (Fsp3) is 0.118. The van der Waals surface area contributed by atoms with E-state index in [2.05, 4.69) is 9.89 Å². The van der Waals surface area contributed by atoms with Gasteiger partial charge >= 0.3 is 5.97 Å². The van der Waals surface area contributed by atoms with Gasteiger partial charge in [0, 0.05) is 12.1 Å². The standard InChI is InChI=1S/C17H13N3O5/c1-11(12-5-7-15(8-6-12)20(22)23)19-25-16-9-13(17(21)24-2)3-4-14(16)10-18/h3-9H,1-2H3/b19-11-. The molecule has 0 spiro atoms. The highest BCUT2D eigenvalue weighted by Crippen LogP contribution is 2.21.